The van der Waals surface area contributed by atoms with E-state index in [9.17, 15) is 4.39 Å². The first-order valence-electron chi connectivity index (χ1n) is 7.64. The van der Waals surface area contributed by atoms with Crippen LogP contribution in [0.15, 0.2) is 12.3 Å². The fraction of sp³-hybridized carbons (Fsp3) is 0.667. The zero-order valence-electron chi connectivity index (χ0n) is 13.6. The van der Waals surface area contributed by atoms with E-state index in [1.165, 1.54) is 6.07 Å². The maximum atomic E-state index is 14.5. The average molecular weight is 324 g/mol. The number of hydrogen-bond acceptors (Lipinski definition) is 5. The van der Waals surface area contributed by atoms with Gasteiger partial charge in [0.1, 0.15) is 0 Å². The molecule has 1 aromatic heterocycles. The topological polar surface area (TPSA) is 34.6 Å². The molecule has 2 aliphatic rings. The molecule has 4 nitrogen and oxygen atoms in total. The third-order valence-electron chi connectivity index (χ3n) is 4.68. The fourth-order valence-corrected chi connectivity index (χ4v) is 3.46. The number of rotatable bonds is 2. The number of thioether (sulfide) groups is 1. The zero-order chi connectivity index (χ0) is 16.0. The lowest BCUT2D eigenvalue weighted by molar-refractivity contribution is 0.00578. The second-order valence-electron chi connectivity index (χ2n) is 6.76. The Bertz CT molecular complexity index is 548. The van der Waals surface area contributed by atoms with Crippen LogP contribution in [-0.2, 0) is 9.31 Å². The quantitative estimate of drug-likeness (QED) is 0.778. The van der Waals surface area contributed by atoms with Gasteiger partial charge in [-0.2, -0.15) is 11.8 Å². The number of anilines is 1. The van der Waals surface area contributed by atoms with Gasteiger partial charge in [-0.25, -0.2) is 9.37 Å². The molecule has 120 valence electrons. The molecule has 0 unspecified atom stereocenters. The predicted octanol–water partition coefficient (Wildman–Crippen LogP) is 2.07. The molecule has 0 aliphatic carbocycles. The van der Waals surface area contributed by atoms with Crippen molar-refractivity contribution < 1.29 is 13.7 Å². The van der Waals surface area contributed by atoms with Crippen LogP contribution in [0.1, 0.15) is 27.7 Å². The van der Waals surface area contributed by atoms with E-state index in [-0.39, 0.29) is 5.82 Å². The molecule has 1 aromatic rings. The van der Waals surface area contributed by atoms with Gasteiger partial charge in [0.15, 0.2) is 11.6 Å². The Kier molecular flexibility index (Phi) is 4.16. The van der Waals surface area contributed by atoms with Gasteiger partial charge in [0, 0.05) is 36.3 Å². The van der Waals surface area contributed by atoms with Gasteiger partial charge in [-0.3, -0.25) is 0 Å². The first kappa shape index (κ1) is 16.1. The summed E-state index contributed by atoms with van der Waals surface area (Å²) in [6, 6.07) is 1.49. The summed E-state index contributed by atoms with van der Waals surface area (Å²) >= 11 is 1.89. The van der Waals surface area contributed by atoms with Crippen molar-refractivity contribution >= 4 is 30.2 Å². The largest absolute Gasteiger partial charge is 0.496 e. The third kappa shape index (κ3) is 2.86. The predicted molar refractivity (Wildman–Crippen MR) is 89.4 cm³/mol. The van der Waals surface area contributed by atoms with Gasteiger partial charge in [0.25, 0.3) is 0 Å². The normalized spacial score (nSPS) is 23.9. The summed E-state index contributed by atoms with van der Waals surface area (Å²) in [5, 5.41) is 0. The van der Waals surface area contributed by atoms with Crippen molar-refractivity contribution in [2.75, 3.05) is 29.5 Å². The SMILES string of the molecule is CC1(C)OB(c2cnc(N3CCSCC3)c(F)c2)OC1(C)C. The van der Waals surface area contributed by atoms with Crippen LogP contribution >= 0.6 is 11.8 Å². The van der Waals surface area contributed by atoms with Crippen molar-refractivity contribution in [1.29, 1.82) is 0 Å². The third-order valence-corrected chi connectivity index (χ3v) is 5.62. The summed E-state index contributed by atoms with van der Waals surface area (Å²) in [4.78, 5) is 6.32. The molecule has 2 saturated heterocycles. The van der Waals surface area contributed by atoms with E-state index >= 15 is 0 Å². The second kappa shape index (κ2) is 5.69. The monoisotopic (exact) mass is 324 g/mol. The fourth-order valence-electron chi connectivity index (χ4n) is 2.56. The number of pyridine rings is 1. The van der Waals surface area contributed by atoms with Crippen molar-refractivity contribution in [3.63, 3.8) is 0 Å². The molecule has 22 heavy (non-hydrogen) atoms. The van der Waals surface area contributed by atoms with Crippen LogP contribution in [-0.4, -0.2) is 47.9 Å². The smallest absolute Gasteiger partial charge is 0.399 e. The van der Waals surface area contributed by atoms with E-state index in [4.69, 9.17) is 9.31 Å². The summed E-state index contributed by atoms with van der Waals surface area (Å²) in [6.07, 6.45) is 1.67. The highest BCUT2D eigenvalue weighted by Gasteiger charge is 2.52. The van der Waals surface area contributed by atoms with Crippen LogP contribution in [0.3, 0.4) is 0 Å². The lowest BCUT2D eigenvalue weighted by atomic mass is 9.80. The molecule has 0 atom stereocenters. The Hall–Kier alpha value is -0.785. The van der Waals surface area contributed by atoms with E-state index in [1.807, 2.05) is 44.4 Å². The lowest BCUT2D eigenvalue weighted by Gasteiger charge is -2.32. The average Bonchev–Trinajstić information content (AvgIpc) is 2.68. The molecule has 7 heteroatoms. The summed E-state index contributed by atoms with van der Waals surface area (Å²) in [5.74, 6) is 2.15. The van der Waals surface area contributed by atoms with E-state index in [2.05, 4.69) is 4.98 Å². The highest BCUT2D eigenvalue weighted by molar-refractivity contribution is 7.99. The molecule has 0 saturated carbocycles. The molecule has 2 fully saturated rings. The molecule has 0 spiro atoms. The number of hydrogen-bond donors (Lipinski definition) is 0. The van der Waals surface area contributed by atoms with Gasteiger partial charge in [0.2, 0.25) is 0 Å². The molecular weight excluding hydrogens is 302 g/mol. The standard InChI is InChI=1S/C15H22BFN2O2S/c1-14(2)15(3,4)21-16(20-14)11-9-12(17)13(18-10-11)19-5-7-22-8-6-19/h9-10H,5-8H2,1-4H3. The molecule has 0 bridgehead atoms. The Morgan fingerprint density at radius 2 is 1.77 bits per heavy atom. The van der Waals surface area contributed by atoms with Gasteiger partial charge in [-0.1, -0.05) is 0 Å². The second-order valence-corrected chi connectivity index (χ2v) is 7.99. The summed E-state index contributed by atoms with van der Waals surface area (Å²) < 4.78 is 26.3. The maximum Gasteiger partial charge on any atom is 0.496 e. The minimum absolute atomic E-state index is 0.306. The van der Waals surface area contributed by atoms with Crippen molar-refractivity contribution in [2.45, 2.75) is 38.9 Å². The highest BCUT2D eigenvalue weighted by atomic mass is 32.2. The molecule has 0 radical (unpaired) electrons. The molecule has 2 aliphatic heterocycles. The Morgan fingerprint density at radius 1 is 1.18 bits per heavy atom. The van der Waals surface area contributed by atoms with Crippen LogP contribution in [0.4, 0.5) is 10.2 Å². The van der Waals surface area contributed by atoms with Crippen molar-refractivity contribution in [3.8, 4) is 0 Å². The molecule has 3 heterocycles. The van der Waals surface area contributed by atoms with Crippen LogP contribution in [0, 0.1) is 5.82 Å². The highest BCUT2D eigenvalue weighted by Crippen LogP contribution is 2.36. The van der Waals surface area contributed by atoms with Crippen LogP contribution < -0.4 is 10.4 Å². The Balaban J connectivity index is 1.81. The molecule has 0 N–H and O–H groups in total. The molecule has 0 amide bonds. The first-order valence-corrected chi connectivity index (χ1v) is 8.79. The van der Waals surface area contributed by atoms with E-state index < -0.39 is 18.3 Å². The summed E-state index contributed by atoms with van der Waals surface area (Å²) in [6.45, 7) is 9.61. The first-order chi connectivity index (χ1) is 10.3. The maximum absolute atomic E-state index is 14.5. The van der Waals surface area contributed by atoms with Crippen molar-refractivity contribution in [3.05, 3.63) is 18.1 Å². The lowest BCUT2D eigenvalue weighted by Crippen LogP contribution is -2.41. The van der Waals surface area contributed by atoms with Crippen molar-refractivity contribution in [2.24, 2.45) is 0 Å². The Morgan fingerprint density at radius 3 is 2.32 bits per heavy atom. The van der Waals surface area contributed by atoms with Gasteiger partial charge >= 0.3 is 7.12 Å². The molecule has 3 rings (SSSR count). The summed E-state index contributed by atoms with van der Waals surface area (Å²) in [7, 11) is -0.571. The van der Waals surface area contributed by atoms with E-state index in [0.717, 1.165) is 24.6 Å². The summed E-state index contributed by atoms with van der Waals surface area (Å²) in [5.41, 5.74) is -0.236. The van der Waals surface area contributed by atoms with Gasteiger partial charge < -0.3 is 14.2 Å². The Labute approximate surface area is 135 Å². The molecule has 0 aromatic carbocycles. The van der Waals surface area contributed by atoms with Crippen molar-refractivity contribution in [1.82, 2.24) is 4.98 Å². The van der Waals surface area contributed by atoms with E-state index in [1.54, 1.807) is 6.20 Å². The van der Waals surface area contributed by atoms with Crippen LogP contribution in [0.5, 0.6) is 0 Å². The van der Waals surface area contributed by atoms with Gasteiger partial charge in [-0.15, -0.1) is 0 Å². The van der Waals surface area contributed by atoms with Gasteiger partial charge in [0.05, 0.1) is 11.2 Å². The van der Waals surface area contributed by atoms with E-state index in [0.29, 0.717) is 11.3 Å². The number of halogens is 1. The minimum atomic E-state index is -0.571. The zero-order valence-corrected chi connectivity index (χ0v) is 14.4. The van der Waals surface area contributed by atoms with Crippen LogP contribution in [0.25, 0.3) is 0 Å². The number of nitrogens with zero attached hydrogens (tertiary/aromatic N) is 2. The molecular formula is C15H22BFN2O2S. The number of aromatic nitrogens is 1. The van der Waals surface area contributed by atoms with Gasteiger partial charge in [-0.05, 0) is 33.8 Å². The van der Waals surface area contributed by atoms with Crippen LogP contribution in [0.2, 0.25) is 0 Å². The minimum Gasteiger partial charge on any atom is -0.399 e.